The molecule has 0 aliphatic carbocycles. The number of benzene rings is 3. The Balaban J connectivity index is 1.39. The molecule has 1 heterocycles. The number of carbonyl (C=O) groups excluding carboxylic acids is 2. The fourth-order valence-corrected chi connectivity index (χ4v) is 4.19. The molecule has 200 valence electrons. The number of anilines is 2. The Morgan fingerprint density at radius 3 is 2.33 bits per heavy atom. The first-order chi connectivity index (χ1) is 18.9. The average Bonchev–Trinajstić information content (AvgIpc) is 2.97. The molecule has 1 N–H and O–H groups in total. The Labute approximate surface area is 229 Å². The Hall–Kier alpha value is -4.65. The van der Waals surface area contributed by atoms with Gasteiger partial charge in [0, 0.05) is 36.0 Å². The standard InChI is InChI=1S/C32H33N3O4/c1-23-10-9-15-30(33-23)35(2)20-21-39-26-18-16-24(17-19-26)22-29(32(37)38-3)34-28-14-8-7-13-27(28)31(36)25-11-5-4-6-12-25/h4-19,29,34H,20-22H2,1-3H3. The SMILES string of the molecule is COC(=O)C(Cc1ccc(OCCN(C)c2cccc(C)n2)cc1)Nc1ccccc1C(=O)c1ccccc1. The number of para-hydroxylation sites is 1. The molecule has 0 saturated carbocycles. The van der Waals surface area contributed by atoms with Gasteiger partial charge in [-0.05, 0) is 48.9 Å². The molecule has 7 heteroatoms. The monoisotopic (exact) mass is 523 g/mol. The number of aryl methyl sites for hydroxylation is 1. The minimum atomic E-state index is -0.679. The van der Waals surface area contributed by atoms with Crippen molar-refractivity contribution < 1.29 is 19.1 Å². The van der Waals surface area contributed by atoms with Gasteiger partial charge in [-0.3, -0.25) is 4.79 Å². The third-order valence-corrected chi connectivity index (χ3v) is 6.35. The van der Waals surface area contributed by atoms with E-state index in [9.17, 15) is 9.59 Å². The number of carbonyl (C=O) groups is 2. The lowest BCUT2D eigenvalue weighted by Gasteiger charge is -2.20. The van der Waals surface area contributed by atoms with Gasteiger partial charge in [-0.15, -0.1) is 0 Å². The molecule has 0 amide bonds. The topological polar surface area (TPSA) is 80.8 Å². The number of hydrogen-bond acceptors (Lipinski definition) is 7. The number of aromatic nitrogens is 1. The molecule has 1 unspecified atom stereocenters. The molecule has 39 heavy (non-hydrogen) atoms. The molecule has 0 radical (unpaired) electrons. The van der Waals surface area contributed by atoms with Gasteiger partial charge in [0.2, 0.25) is 0 Å². The zero-order chi connectivity index (χ0) is 27.6. The highest BCUT2D eigenvalue weighted by molar-refractivity contribution is 6.12. The van der Waals surface area contributed by atoms with Crippen molar-refractivity contribution in [2.45, 2.75) is 19.4 Å². The predicted molar refractivity (Wildman–Crippen MR) is 154 cm³/mol. The van der Waals surface area contributed by atoms with Crippen LogP contribution in [-0.2, 0) is 16.0 Å². The van der Waals surface area contributed by atoms with Crippen LogP contribution in [0.1, 0.15) is 27.2 Å². The molecule has 1 atom stereocenters. The lowest BCUT2D eigenvalue weighted by atomic mass is 10.00. The molecule has 7 nitrogen and oxygen atoms in total. The molecule has 4 aromatic rings. The summed E-state index contributed by atoms with van der Waals surface area (Å²) in [5.41, 5.74) is 3.56. The van der Waals surface area contributed by atoms with E-state index in [1.54, 1.807) is 24.3 Å². The number of ether oxygens (including phenoxy) is 2. The maximum absolute atomic E-state index is 13.1. The fraction of sp³-hybridized carbons (Fsp3) is 0.219. The van der Waals surface area contributed by atoms with E-state index in [0.717, 1.165) is 22.8 Å². The number of nitrogens with zero attached hydrogens (tertiary/aromatic N) is 2. The molecule has 0 aliphatic rings. The van der Waals surface area contributed by atoms with Crippen LogP contribution in [0.15, 0.2) is 97.1 Å². The van der Waals surface area contributed by atoms with Crippen LogP contribution in [0.5, 0.6) is 5.75 Å². The van der Waals surface area contributed by atoms with Crippen LogP contribution in [0, 0.1) is 6.92 Å². The van der Waals surface area contributed by atoms with Gasteiger partial charge in [-0.1, -0.05) is 60.7 Å². The first-order valence-corrected chi connectivity index (χ1v) is 12.8. The summed E-state index contributed by atoms with van der Waals surface area (Å²) in [5, 5.41) is 3.24. The summed E-state index contributed by atoms with van der Waals surface area (Å²) in [4.78, 5) is 32.4. The van der Waals surface area contributed by atoms with E-state index < -0.39 is 12.0 Å². The highest BCUT2D eigenvalue weighted by Gasteiger charge is 2.22. The number of rotatable bonds is 12. The summed E-state index contributed by atoms with van der Waals surface area (Å²) in [6.45, 7) is 3.16. The molecule has 0 spiro atoms. The van der Waals surface area contributed by atoms with Crippen LogP contribution in [0.25, 0.3) is 0 Å². The van der Waals surface area contributed by atoms with Crippen molar-refractivity contribution in [1.82, 2.24) is 4.98 Å². The molecule has 4 rings (SSSR count). The lowest BCUT2D eigenvalue weighted by molar-refractivity contribution is -0.141. The molecule has 0 fully saturated rings. The summed E-state index contributed by atoms with van der Waals surface area (Å²) in [7, 11) is 3.35. The Kier molecular flexibility index (Phi) is 9.29. The smallest absolute Gasteiger partial charge is 0.328 e. The number of esters is 1. The fourth-order valence-electron chi connectivity index (χ4n) is 4.19. The van der Waals surface area contributed by atoms with Gasteiger partial charge in [0.25, 0.3) is 0 Å². The van der Waals surface area contributed by atoms with Gasteiger partial charge in [0.1, 0.15) is 24.2 Å². The summed E-state index contributed by atoms with van der Waals surface area (Å²) in [6, 6.07) is 29.2. The quantitative estimate of drug-likeness (QED) is 0.199. The van der Waals surface area contributed by atoms with Crippen LogP contribution in [0.3, 0.4) is 0 Å². The van der Waals surface area contributed by atoms with Crippen LogP contribution < -0.4 is 15.0 Å². The van der Waals surface area contributed by atoms with E-state index in [1.807, 2.05) is 91.7 Å². The zero-order valence-electron chi connectivity index (χ0n) is 22.5. The molecule has 0 bridgehead atoms. The molecule has 0 saturated heterocycles. The third kappa shape index (κ3) is 7.45. The van der Waals surface area contributed by atoms with E-state index in [-0.39, 0.29) is 5.78 Å². The average molecular weight is 524 g/mol. The highest BCUT2D eigenvalue weighted by Crippen LogP contribution is 2.22. The van der Waals surface area contributed by atoms with Gasteiger partial charge >= 0.3 is 5.97 Å². The van der Waals surface area contributed by atoms with Crippen LogP contribution in [0.2, 0.25) is 0 Å². The number of methoxy groups -OCH3 is 1. The largest absolute Gasteiger partial charge is 0.492 e. The summed E-state index contributed by atoms with van der Waals surface area (Å²) < 4.78 is 11.0. The number of pyridine rings is 1. The van der Waals surface area contributed by atoms with Crippen molar-refractivity contribution in [3.8, 4) is 5.75 Å². The number of likely N-dealkylation sites (N-methyl/N-ethyl adjacent to an activating group) is 1. The van der Waals surface area contributed by atoms with E-state index in [0.29, 0.717) is 36.4 Å². The van der Waals surface area contributed by atoms with Crippen LogP contribution in [-0.4, -0.2) is 50.1 Å². The Morgan fingerprint density at radius 1 is 0.897 bits per heavy atom. The second kappa shape index (κ2) is 13.2. The first kappa shape index (κ1) is 27.4. The van der Waals surface area contributed by atoms with Crippen molar-refractivity contribution in [3.05, 3.63) is 119 Å². The van der Waals surface area contributed by atoms with Gasteiger partial charge in [-0.2, -0.15) is 0 Å². The Morgan fingerprint density at radius 2 is 1.62 bits per heavy atom. The molecule has 1 aromatic heterocycles. The van der Waals surface area contributed by atoms with Crippen molar-refractivity contribution in [3.63, 3.8) is 0 Å². The second-order valence-corrected chi connectivity index (χ2v) is 9.22. The van der Waals surface area contributed by atoms with Crippen molar-refractivity contribution >= 4 is 23.3 Å². The molecule has 0 aliphatic heterocycles. The van der Waals surface area contributed by atoms with Gasteiger partial charge < -0.3 is 19.7 Å². The number of nitrogens with one attached hydrogen (secondary N) is 1. The van der Waals surface area contributed by atoms with Crippen LogP contribution in [0.4, 0.5) is 11.5 Å². The van der Waals surface area contributed by atoms with Crippen molar-refractivity contribution in [1.29, 1.82) is 0 Å². The van der Waals surface area contributed by atoms with Gasteiger partial charge in [0.15, 0.2) is 5.78 Å². The van der Waals surface area contributed by atoms with Crippen molar-refractivity contribution in [2.24, 2.45) is 0 Å². The zero-order valence-corrected chi connectivity index (χ0v) is 22.5. The van der Waals surface area contributed by atoms with Gasteiger partial charge in [0.05, 0.1) is 13.7 Å². The minimum absolute atomic E-state index is 0.118. The van der Waals surface area contributed by atoms with Crippen molar-refractivity contribution in [2.75, 3.05) is 37.5 Å². The summed E-state index contributed by atoms with van der Waals surface area (Å²) >= 11 is 0. The molecular weight excluding hydrogens is 490 g/mol. The summed E-state index contributed by atoms with van der Waals surface area (Å²) in [6.07, 6.45) is 0.378. The maximum Gasteiger partial charge on any atom is 0.328 e. The molecule has 3 aromatic carbocycles. The van der Waals surface area contributed by atoms with E-state index in [1.165, 1.54) is 7.11 Å². The Bertz CT molecular complexity index is 1390. The first-order valence-electron chi connectivity index (χ1n) is 12.8. The molecular formula is C32H33N3O4. The van der Waals surface area contributed by atoms with E-state index in [4.69, 9.17) is 9.47 Å². The lowest BCUT2D eigenvalue weighted by Crippen LogP contribution is -2.33. The van der Waals surface area contributed by atoms with E-state index >= 15 is 0 Å². The minimum Gasteiger partial charge on any atom is -0.492 e. The maximum atomic E-state index is 13.1. The van der Waals surface area contributed by atoms with Gasteiger partial charge in [-0.25, -0.2) is 9.78 Å². The third-order valence-electron chi connectivity index (χ3n) is 6.35. The number of ketones is 1. The highest BCUT2D eigenvalue weighted by atomic mass is 16.5. The van der Waals surface area contributed by atoms with Crippen LogP contribution >= 0.6 is 0 Å². The predicted octanol–water partition coefficient (Wildman–Crippen LogP) is 5.33. The number of hydrogen-bond donors (Lipinski definition) is 1. The normalized spacial score (nSPS) is 11.4. The summed E-state index contributed by atoms with van der Waals surface area (Å²) in [5.74, 6) is 1.12. The second-order valence-electron chi connectivity index (χ2n) is 9.22. The van der Waals surface area contributed by atoms with E-state index in [2.05, 4.69) is 10.3 Å².